The number of ether oxygens (including phenoxy) is 1. The molecule has 0 aliphatic rings. The Morgan fingerprint density at radius 3 is 2.07 bits per heavy atom. The van der Waals surface area contributed by atoms with Gasteiger partial charge in [-0.3, -0.25) is 24.6 Å². The lowest BCUT2D eigenvalue weighted by Gasteiger charge is -2.40. The Hall–Kier alpha value is -4.09. The zero-order valence-corrected chi connectivity index (χ0v) is 25.3. The van der Waals surface area contributed by atoms with Gasteiger partial charge in [-0.25, -0.2) is 14.7 Å². The van der Waals surface area contributed by atoms with Crippen LogP contribution in [0.15, 0.2) is 60.7 Å². The molecule has 1 radical (unpaired) electrons. The van der Waals surface area contributed by atoms with Crippen molar-refractivity contribution in [2.24, 2.45) is 11.7 Å². The lowest BCUT2D eigenvalue weighted by Crippen LogP contribution is -2.65. The number of aryl methyl sites for hydroxylation is 1. The summed E-state index contributed by atoms with van der Waals surface area (Å²) in [5.74, 6) is -3.19. The number of nitrogens with two attached hydrogens (primary N) is 1. The van der Waals surface area contributed by atoms with E-state index in [0.29, 0.717) is 16.9 Å². The molecule has 0 spiro atoms. The number of imide groups is 1. The first-order valence-electron chi connectivity index (χ1n) is 14.4. The molecule has 0 fully saturated rings. The van der Waals surface area contributed by atoms with E-state index >= 15 is 0 Å². The van der Waals surface area contributed by atoms with Gasteiger partial charge in [-0.15, -0.1) is 0 Å². The maximum atomic E-state index is 13.5. The molecule has 0 heterocycles. The fraction of sp³-hybridized carbons (Fsp3) is 0.469. The molecule has 1 unspecified atom stereocenters. The van der Waals surface area contributed by atoms with Crippen LogP contribution in [-0.4, -0.2) is 69.3 Å². The second-order valence-electron chi connectivity index (χ2n) is 10.8. The molecule has 0 saturated carbocycles. The third kappa shape index (κ3) is 10.0. The summed E-state index contributed by atoms with van der Waals surface area (Å²) >= 11 is 0. The first-order chi connectivity index (χ1) is 20.5. The first kappa shape index (κ1) is 35.1. The minimum absolute atomic E-state index is 0.000462. The lowest BCUT2D eigenvalue weighted by atomic mass is 9.88. The molecule has 11 nitrogen and oxygen atoms in total. The van der Waals surface area contributed by atoms with Crippen LogP contribution in [0.4, 0.5) is 4.79 Å². The third-order valence-corrected chi connectivity index (χ3v) is 7.37. The minimum atomic E-state index is -1.74. The topological polar surface area (TPSA) is 159 Å². The van der Waals surface area contributed by atoms with Crippen LogP contribution in [0.25, 0.3) is 0 Å². The van der Waals surface area contributed by atoms with Crippen molar-refractivity contribution in [2.45, 2.75) is 84.0 Å². The van der Waals surface area contributed by atoms with Crippen molar-refractivity contribution >= 4 is 30.1 Å². The van der Waals surface area contributed by atoms with Gasteiger partial charge in [0.15, 0.2) is 0 Å². The van der Waals surface area contributed by atoms with E-state index in [9.17, 15) is 29.1 Å². The molecule has 0 aliphatic heterocycles. The molecular formula is C32H43N4O7. The molecule has 4 N–H and O–H groups in total. The Bertz CT molecular complexity index is 1210. The van der Waals surface area contributed by atoms with Gasteiger partial charge in [0, 0.05) is 18.9 Å². The summed E-state index contributed by atoms with van der Waals surface area (Å²) in [5.41, 5.74) is 8.29. The van der Waals surface area contributed by atoms with Gasteiger partial charge in [0.2, 0.25) is 18.1 Å². The number of unbranched alkanes of at least 4 members (excludes halogenated alkanes) is 2. The maximum absolute atomic E-state index is 13.5. The van der Waals surface area contributed by atoms with Crippen LogP contribution < -0.4 is 11.2 Å². The minimum Gasteiger partial charge on any atom is -0.444 e. The van der Waals surface area contributed by atoms with E-state index in [1.165, 1.54) is 33.3 Å². The van der Waals surface area contributed by atoms with Crippen molar-refractivity contribution in [1.29, 1.82) is 0 Å². The lowest BCUT2D eigenvalue weighted by molar-refractivity contribution is -0.151. The Kier molecular flexibility index (Phi) is 14.0. The maximum Gasteiger partial charge on any atom is 0.417 e. The predicted molar refractivity (Wildman–Crippen MR) is 161 cm³/mol. The summed E-state index contributed by atoms with van der Waals surface area (Å²) < 4.78 is 5.29. The standard InChI is InChI=1S/C32H43N4O7/c1-23(20-37)32(4,22-38)36(28(39)19-13-7-10-16-26-14-8-5-9-15-26)34-29(40)25(3)35(30(41)24(2)33)31(42)43-21-27-17-11-6-12-18-27/h5-6,8-9,11-12,14-15,17-18,23-25,37H,7,10,13,16,19-21,33H2,1-4H3,(H,34,40)/t23?,24-,25-,32+/m0/s1. The summed E-state index contributed by atoms with van der Waals surface area (Å²) in [4.78, 5) is 65.6. The summed E-state index contributed by atoms with van der Waals surface area (Å²) in [6.45, 7) is 4.92. The predicted octanol–water partition coefficient (Wildman–Crippen LogP) is 3.05. The number of amides is 4. The molecule has 233 valence electrons. The number of aliphatic hydroxyl groups is 1. The highest BCUT2D eigenvalue weighted by molar-refractivity contribution is 6.00. The summed E-state index contributed by atoms with van der Waals surface area (Å²) in [6, 6.07) is 16.1. The van der Waals surface area contributed by atoms with Crippen LogP contribution in [0.2, 0.25) is 0 Å². The number of aliphatic hydroxyl groups excluding tert-OH is 1. The fourth-order valence-corrected chi connectivity index (χ4v) is 4.29. The highest BCUT2D eigenvalue weighted by Crippen LogP contribution is 2.23. The van der Waals surface area contributed by atoms with Crippen LogP contribution in [0.3, 0.4) is 0 Å². The molecule has 43 heavy (non-hydrogen) atoms. The van der Waals surface area contributed by atoms with Gasteiger partial charge >= 0.3 is 6.09 Å². The molecule has 4 amide bonds. The average molecular weight is 596 g/mol. The molecule has 0 saturated heterocycles. The van der Waals surface area contributed by atoms with E-state index in [4.69, 9.17) is 10.5 Å². The van der Waals surface area contributed by atoms with Crippen molar-refractivity contribution < 1.29 is 33.8 Å². The first-order valence-corrected chi connectivity index (χ1v) is 14.4. The van der Waals surface area contributed by atoms with Crippen molar-refractivity contribution in [2.75, 3.05) is 6.61 Å². The smallest absolute Gasteiger partial charge is 0.417 e. The van der Waals surface area contributed by atoms with Gasteiger partial charge in [0.25, 0.3) is 5.91 Å². The van der Waals surface area contributed by atoms with Crippen molar-refractivity contribution in [3.8, 4) is 0 Å². The molecule has 4 atom stereocenters. The van der Waals surface area contributed by atoms with Crippen LogP contribution in [0.5, 0.6) is 0 Å². The van der Waals surface area contributed by atoms with Crippen molar-refractivity contribution in [3.05, 3.63) is 71.8 Å². The number of hydrogen-bond donors (Lipinski definition) is 3. The molecule has 2 aromatic carbocycles. The quantitative estimate of drug-likeness (QED) is 0.209. The van der Waals surface area contributed by atoms with Crippen molar-refractivity contribution in [1.82, 2.24) is 15.3 Å². The second kappa shape index (κ2) is 17.1. The number of rotatable bonds is 15. The Morgan fingerprint density at radius 1 is 0.953 bits per heavy atom. The molecule has 0 aliphatic carbocycles. The Labute approximate surface area is 253 Å². The number of hydrogen-bond acceptors (Lipinski definition) is 8. The molecule has 2 aromatic rings. The number of nitrogens with one attached hydrogen (secondary N) is 1. The fourth-order valence-electron chi connectivity index (χ4n) is 4.29. The van der Waals surface area contributed by atoms with Crippen LogP contribution in [-0.2, 0) is 36.9 Å². The van der Waals surface area contributed by atoms with E-state index in [2.05, 4.69) is 5.43 Å². The molecule has 11 heteroatoms. The highest BCUT2D eigenvalue weighted by Gasteiger charge is 2.44. The summed E-state index contributed by atoms with van der Waals surface area (Å²) in [7, 11) is 0. The molecule has 0 bridgehead atoms. The number of hydrazine groups is 1. The highest BCUT2D eigenvalue weighted by atomic mass is 16.6. The Morgan fingerprint density at radius 2 is 1.53 bits per heavy atom. The van der Waals surface area contributed by atoms with Crippen molar-refractivity contribution in [3.63, 3.8) is 0 Å². The molecule has 2 rings (SSSR count). The third-order valence-electron chi connectivity index (χ3n) is 7.37. The zero-order valence-electron chi connectivity index (χ0n) is 25.3. The molecule has 0 aromatic heterocycles. The van der Waals surface area contributed by atoms with Gasteiger partial charge in [-0.05, 0) is 51.2 Å². The largest absolute Gasteiger partial charge is 0.444 e. The van der Waals surface area contributed by atoms with Gasteiger partial charge in [0.1, 0.15) is 18.2 Å². The number of nitrogens with zero attached hydrogens (tertiary/aromatic N) is 2. The second-order valence-corrected chi connectivity index (χ2v) is 10.8. The van der Waals surface area contributed by atoms with Crippen LogP contribution >= 0.6 is 0 Å². The Balaban J connectivity index is 2.19. The van der Waals surface area contributed by atoms with Gasteiger partial charge < -0.3 is 15.6 Å². The van der Waals surface area contributed by atoms with Gasteiger partial charge in [-0.1, -0.05) is 74.0 Å². The molecular weight excluding hydrogens is 552 g/mol. The number of carbonyl (C=O) groups excluding carboxylic acids is 5. The normalized spacial score (nSPS) is 14.4. The number of benzene rings is 2. The van der Waals surface area contributed by atoms with Crippen LogP contribution in [0.1, 0.15) is 64.5 Å². The zero-order chi connectivity index (χ0) is 32.0. The summed E-state index contributed by atoms with van der Waals surface area (Å²) in [6.07, 6.45) is 3.59. The monoisotopic (exact) mass is 595 g/mol. The summed E-state index contributed by atoms with van der Waals surface area (Å²) in [5, 5.41) is 10.7. The van der Waals surface area contributed by atoms with Crippen LogP contribution in [0, 0.1) is 5.92 Å². The van der Waals surface area contributed by atoms with E-state index in [1.807, 2.05) is 30.3 Å². The van der Waals surface area contributed by atoms with E-state index in [0.717, 1.165) is 24.3 Å². The van der Waals surface area contributed by atoms with Gasteiger partial charge in [-0.2, -0.15) is 0 Å². The number of carbonyl (C=O) groups is 4. The SMILES string of the molecule is CC(CO)[C@@](C)([C]=O)N(NC(=O)[C@H](C)N(C(=O)OCc1ccccc1)C(=O)[C@H](C)N)C(=O)CCCCCc1ccccc1. The average Bonchev–Trinajstić information content (AvgIpc) is 3.02. The van der Waals surface area contributed by atoms with Gasteiger partial charge in [0.05, 0.1) is 6.04 Å². The van der Waals surface area contributed by atoms with E-state index in [-0.39, 0.29) is 13.0 Å². The van der Waals surface area contributed by atoms with E-state index < -0.39 is 54.0 Å². The van der Waals surface area contributed by atoms with E-state index in [1.54, 1.807) is 36.6 Å².